The van der Waals surface area contributed by atoms with Crippen LogP contribution in [0.15, 0.2) is 30.3 Å². The summed E-state index contributed by atoms with van der Waals surface area (Å²) in [4.78, 5) is 23.9. The molecule has 0 atom stereocenters. The van der Waals surface area contributed by atoms with Crippen LogP contribution in [0.2, 0.25) is 5.02 Å². The Hall–Kier alpha value is -2.73. The first-order chi connectivity index (χ1) is 13.2. The first-order valence-electron chi connectivity index (χ1n) is 8.95. The van der Waals surface area contributed by atoms with Gasteiger partial charge < -0.3 is 20.5 Å². The second-order valence-electron chi connectivity index (χ2n) is 6.87. The van der Waals surface area contributed by atoms with Crippen molar-refractivity contribution in [3.63, 3.8) is 0 Å². The van der Waals surface area contributed by atoms with Gasteiger partial charge in [-0.2, -0.15) is 0 Å². The van der Waals surface area contributed by atoms with Gasteiger partial charge in [0, 0.05) is 16.8 Å². The van der Waals surface area contributed by atoms with Crippen molar-refractivity contribution in [1.82, 2.24) is 0 Å². The fourth-order valence-electron chi connectivity index (χ4n) is 2.61. The Labute approximate surface area is 170 Å². The number of halogens is 1. The van der Waals surface area contributed by atoms with E-state index in [4.69, 9.17) is 26.8 Å². The van der Waals surface area contributed by atoms with Crippen LogP contribution in [-0.4, -0.2) is 25.5 Å². The average Bonchev–Trinajstić information content (AvgIpc) is 2.62. The number of carbonyl (C=O) groups excluding carboxylic acids is 2. The summed E-state index contributed by atoms with van der Waals surface area (Å²) in [6.07, 6.45) is 0.877. The van der Waals surface area contributed by atoms with Crippen molar-refractivity contribution in [2.75, 3.05) is 19.0 Å². The van der Waals surface area contributed by atoms with Gasteiger partial charge in [0.15, 0.2) is 11.5 Å². The summed E-state index contributed by atoms with van der Waals surface area (Å²) in [5.41, 5.74) is 7.26. The number of anilines is 1. The molecule has 0 aliphatic heterocycles. The molecule has 0 radical (unpaired) electrons. The van der Waals surface area contributed by atoms with Crippen LogP contribution in [0.5, 0.6) is 11.5 Å². The van der Waals surface area contributed by atoms with E-state index in [0.29, 0.717) is 51.4 Å². The topological polar surface area (TPSA) is 90.6 Å². The Morgan fingerprint density at radius 3 is 2.50 bits per heavy atom. The lowest BCUT2D eigenvalue weighted by Crippen LogP contribution is -2.15. The molecule has 2 aromatic rings. The number of benzene rings is 2. The Balaban J connectivity index is 2.20. The summed E-state index contributed by atoms with van der Waals surface area (Å²) in [5.74, 6) is 0.434. The fraction of sp³-hybridized carbons (Fsp3) is 0.333. The van der Waals surface area contributed by atoms with Crippen LogP contribution in [0.1, 0.15) is 46.5 Å². The minimum absolute atomic E-state index is 0.300. The molecular formula is C21H25ClN2O4. The smallest absolute Gasteiger partial charge is 0.255 e. The molecule has 0 heterocycles. The Morgan fingerprint density at radius 1 is 1.21 bits per heavy atom. The van der Waals surface area contributed by atoms with Gasteiger partial charge in [-0.25, -0.2) is 0 Å². The highest BCUT2D eigenvalue weighted by Crippen LogP contribution is 2.37. The third-order valence-electron chi connectivity index (χ3n) is 4.18. The minimum atomic E-state index is -0.514. The molecule has 28 heavy (non-hydrogen) atoms. The lowest BCUT2D eigenvalue weighted by Gasteiger charge is -2.15. The largest absolute Gasteiger partial charge is 0.493 e. The van der Waals surface area contributed by atoms with Crippen LogP contribution in [0.4, 0.5) is 5.69 Å². The molecule has 0 aliphatic carbocycles. The Kier molecular flexibility index (Phi) is 7.29. The highest BCUT2D eigenvalue weighted by Gasteiger charge is 2.17. The number of aryl methyl sites for hydroxylation is 1. The van der Waals surface area contributed by atoms with Gasteiger partial charge in [0.25, 0.3) is 5.91 Å². The molecule has 0 bridgehead atoms. The average molecular weight is 405 g/mol. The summed E-state index contributed by atoms with van der Waals surface area (Å²) >= 11 is 6.32. The Bertz CT molecular complexity index is 881. The fourth-order valence-corrected chi connectivity index (χ4v) is 2.87. The molecule has 2 amide bonds. The number of amides is 2. The molecule has 2 rings (SSSR count). The maximum atomic E-state index is 12.6. The molecule has 0 aliphatic rings. The van der Waals surface area contributed by atoms with Crippen LogP contribution in [0.3, 0.4) is 0 Å². The molecule has 0 spiro atoms. The number of rotatable bonds is 8. The second-order valence-corrected chi connectivity index (χ2v) is 7.28. The molecule has 6 nitrogen and oxygen atoms in total. The SMILES string of the molecule is COc1cc(C(=O)Nc2ccc(C(N)=O)c(C)c2)cc(Cl)c1OCCC(C)C. The van der Waals surface area contributed by atoms with Crippen molar-refractivity contribution in [2.24, 2.45) is 11.7 Å². The van der Waals surface area contributed by atoms with Crippen LogP contribution in [0, 0.1) is 12.8 Å². The molecule has 0 saturated heterocycles. The van der Waals surface area contributed by atoms with Gasteiger partial charge in [0.2, 0.25) is 5.91 Å². The van der Waals surface area contributed by atoms with Gasteiger partial charge in [-0.05, 0) is 55.2 Å². The van der Waals surface area contributed by atoms with E-state index >= 15 is 0 Å². The number of methoxy groups -OCH3 is 1. The summed E-state index contributed by atoms with van der Waals surface area (Å²) < 4.78 is 11.1. The molecule has 2 aromatic carbocycles. The summed E-state index contributed by atoms with van der Waals surface area (Å²) in [6, 6.07) is 7.99. The molecule has 3 N–H and O–H groups in total. The van der Waals surface area contributed by atoms with E-state index in [1.165, 1.54) is 13.2 Å². The molecule has 0 saturated carbocycles. The molecule has 7 heteroatoms. The van der Waals surface area contributed by atoms with Crippen molar-refractivity contribution in [3.05, 3.63) is 52.0 Å². The number of hydrogen-bond acceptors (Lipinski definition) is 4. The summed E-state index contributed by atoms with van der Waals surface area (Å²) in [5, 5.41) is 3.07. The maximum absolute atomic E-state index is 12.6. The van der Waals surface area contributed by atoms with Crippen molar-refractivity contribution in [2.45, 2.75) is 27.2 Å². The van der Waals surface area contributed by atoms with Crippen molar-refractivity contribution in [3.8, 4) is 11.5 Å². The first kappa shape index (κ1) is 21.6. The van der Waals surface area contributed by atoms with Crippen LogP contribution >= 0.6 is 11.6 Å². The Morgan fingerprint density at radius 2 is 1.93 bits per heavy atom. The van der Waals surface area contributed by atoms with Gasteiger partial charge in [-0.1, -0.05) is 25.4 Å². The summed E-state index contributed by atoms with van der Waals surface area (Å²) in [6.45, 7) is 6.46. The van der Waals surface area contributed by atoms with E-state index in [2.05, 4.69) is 19.2 Å². The normalized spacial score (nSPS) is 10.6. The van der Waals surface area contributed by atoms with Crippen LogP contribution in [-0.2, 0) is 0 Å². The molecular weight excluding hydrogens is 380 g/mol. The molecule has 0 aromatic heterocycles. The van der Waals surface area contributed by atoms with E-state index < -0.39 is 5.91 Å². The third kappa shape index (κ3) is 5.39. The predicted molar refractivity (Wildman–Crippen MR) is 111 cm³/mol. The number of ether oxygens (including phenoxy) is 2. The number of primary amides is 1. The number of hydrogen-bond donors (Lipinski definition) is 2. The first-order valence-corrected chi connectivity index (χ1v) is 9.32. The number of carbonyl (C=O) groups is 2. The van der Waals surface area contributed by atoms with E-state index in [0.717, 1.165) is 6.42 Å². The highest BCUT2D eigenvalue weighted by molar-refractivity contribution is 6.32. The molecule has 150 valence electrons. The van der Waals surface area contributed by atoms with Crippen molar-refractivity contribution in [1.29, 1.82) is 0 Å². The second kappa shape index (κ2) is 9.46. The summed E-state index contributed by atoms with van der Waals surface area (Å²) in [7, 11) is 1.49. The zero-order valence-corrected chi connectivity index (χ0v) is 17.2. The van der Waals surface area contributed by atoms with E-state index in [-0.39, 0.29) is 5.91 Å². The van der Waals surface area contributed by atoms with E-state index in [9.17, 15) is 9.59 Å². The maximum Gasteiger partial charge on any atom is 0.255 e. The van der Waals surface area contributed by atoms with Gasteiger partial charge in [-0.3, -0.25) is 9.59 Å². The molecule has 0 unspecified atom stereocenters. The van der Waals surface area contributed by atoms with Gasteiger partial charge in [0.1, 0.15) is 0 Å². The van der Waals surface area contributed by atoms with Crippen molar-refractivity contribution >= 4 is 29.1 Å². The minimum Gasteiger partial charge on any atom is -0.493 e. The lowest BCUT2D eigenvalue weighted by atomic mass is 10.1. The molecule has 0 fully saturated rings. The highest BCUT2D eigenvalue weighted by atomic mass is 35.5. The zero-order chi connectivity index (χ0) is 20.8. The standard InChI is InChI=1S/C21H25ClN2O4/c1-12(2)7-8-28-19-17(22)10-14(11-18(19)27-4)21(26)24-15-5-6-16(20(23)25)13(3)9-15/h5-6,9-12H,7-8H2,1-4H3,(H2,23,25)(H,24,26). The van der Waals surface area contributed by atoms with Gasteiger partial charge in [0.05, 0.1) is 18.7 Å². The predicted octanol–water partition coefficient (Wildman–Crippen LogP) is 4.43. The van der Waals surface area contributed by atoms with Crippen LogP contribution < -0.4 is 20.5 Å². The lowest BCUT2D eigenvalue weighted by molar-refractivity contribution is 0.0997. The van der Waals surface area contributed by atoms with E-state index in [1.54, 1.807) is 31.2 Å². The number of nitrogens with one attached hydrogen (secondary N) is 1. The van der Waals surface area contributed by atoms with Gasteiger partial charge >= 0.3 is 0 Å². The quantitative estimate of drug-likeness (QED) is 0.680. The van der Waals surface area contributed by atoms with E-state index in [1.807, 2.05) is 0 Å². The van der Waals surface area contributed by atoms with Crippen LogP contribution in [0.25, 0.3) is 0 Å². The monoisotopic (exact) mass is 404 g/mol. The van der Waals surface area contributed by atoms with Crippen molar-refractivity contribution < 1.29 is 19.1 Å². The number of nitrogens with two attached hydrogens (primary N) is 1. The zero-order valence-electron chi connectivity index (χ0n) is 16.5. The third-order valence-corrected chi connectivity index (χ3v) is 4.46. The van der Waals surface area contributed by atoms with Gasteiger partial charge in [-0.15, -0.1) is 0 Å².